The molecule has 2 saturated heterocycles. The summed E-state index contributed by atoms with van der Waals surface area (Å²) in [5.41, 5.74) is 0.00813. The van der Waals surface area contributed by atoms with Crippen LogP contribution in [0.5, 0.6) is 5.75 Å². The van der Waals surface area contributed by atoms with Gasteiger partial charge in [-0.2, -0.15) is 13.2 Å². The molecular formula is C33H29F6N3O5S. The maximum atomic E-state index is 13.8. The van der Waals surface area contributed by atoms with Crippen LogP contribution in [0.3, 0.4) is 0 Å². The number of carbonyl (C=O) groups is 1. The Bertz CT molecular complexity index is 1800. The average Bonchev–Trinajstić information content (AvgIpc) is 3.50. The van der Waals surface area contributed by atoms with Crippen molar-refractivity contribution in [2.75, 3.05) is 12.0 Å². The molecule has 48 heavy (non-hydrogen) atoms. The number of para-hydroxylation sites is 1. The molecule has 3 fully saturated rings. The van der Waals surface area contributed by atoms with Gasteiger partial charge in [0.05, 0.1) is 36.6 Å². The molecule has 0 N–H and O–H groups in total. The minimum Gasteiger partial charge on any atom is -0.465 e. The highest BCUT2D eigenvalue weighted by molar-refractivity contribution is 7.14. The second-order valence-corrected chi connectivity index (χ2v) is 13.0. The van der Waals surface area contributed by atoms with Gasteiger partial charge in [-0.1, -0.05) is 23.4 Å². The number of thiazole rings is 1. The summed E-state index contributed by atoms with van der Waals surface area (Å²) < 4.78 is 102. The van der Waals surface area contributed by atoms with Crippen molar-refractivity contribution < 1.29 is 49.9 Å². The summed E-state index contributed by atoms with van der Waals surface area (Å²) >= 11 is 1.34. The zero-order valence-electron chi connectivity index (χ0n) is 25.4. The first kappa shape index (κ1) is 32.4. The van der Waals surface area contributed by atoms with E-state index in [1.165, 1.54) is 35.6 Å². The molecule has 1 aliphatic carbocycles. The fraction of sp³-hybridized carbons (Fsp3) is 0.424. The Kier molecular flexibility index (Phi) is 8.38. The van der Waals surface area contributed by atoms with E-state index in [2.05, 4.69) is 19.5 Å². The molecule has 2 aliphatic heterocycles. The number of halogens is 6. The molecule has 3 atom stereocenters. The maximum absolute atomic E-state index is 13.8. The number of nitrogens with zero attached hydrogens (tertiary/aromatic N) is 3. The number of fused-ring (bicyclic) bond motifs is 2. The first-order valence-corrected chi connectivity index (χ1v) is 16.3. The van der Waals surface area contributed by atoms with Crippen molar-refractivity contribution in [3.8, 4) is 28.3 Å². The number of carbonyl (C=O) groups excluding carboxylic acids is 1. The zero-order chi connectivity index (χ0) is 33.8. The molecular weight excluding hydrogens is 664 g/mol. The van der Waals surface area contributed by atoms with Gasteiger partial charge in [0, 0.05) is 40.1 Å². The number of hydrogen-bond acceptors (Lipinski definition) is 9. The lowest BCUT2D eigenvalue weighted by atomic mass is 9.99. The Hall–Kier alpha value is -4.11. The molecule has 0 radical (unpaired) electrons. The lowest BCUT2D eigenvalue weighted by Gasteiger charge is -2.38. The number of aromatic nitrogens is 2. The van der Waals surface area contributed by atoms with Gasteiger partial charge >= 0.3 is 18.5 Å². The van der Waals surface area contributed by atoms with Crippen LogP contribution in [0.25, 0.3) is 22.5 Å². The number of rotatable bonds is 9. The van der Waals surface area contributed by atoms with Gasteiger partial charge in [-0.15, -0.1) is 24.5 Å². The molecule has 0 unspecified atom stereocenters. The summed E-state index contributed by atoms with van der Waals surface area (Å²) in [6.45, 7) is 0.111. The van der Waals surface area contributed by atoms with Crippen LogP contribution < -0.4 is 9.64 Å². The largest absolute Gasteiger partial charge is 0.573 e. The predicted octanol–water partition coefficient (Wildman–Crippen LogP) is 8.76. The highest BCUT2D eigenvalue weighted by atomic mass is 32.1. The van der Waals surface area contributed by atoms with Crippen LogP contribution in [-0.4, -0.2) is 47.8 Å². The Morgan fingerprint density at radius 2 is 1.75 bits per heavy atom. The van der Waals surface area contributed by atoms with Gasteiger partial charge in [-0.05, 0) is 62.8 Å². The van der Waals surface area contributed by atoms with Crippen molar-refractivity contribution in [3.63, 3.8) is 0 Å². The Morgan fingerprint density at radius 3 is 2.42 bits per heavy atom. The molecule has 254 valence electrons. The van der Waals surface area contributed by atoms with E-state index in [1.807, 2.05) is 0 Å². The second-order valence-electron chi connectivity index (χ2n) is 12.2. The molecule has 8 nitrogen and oxygen atoms in total. The number of benzene rings is 2. The predicted molar refractivity (Wildman–Crippen MR) is 162 cm³/mol. The van der Waals surface area contributed by atoms with Crippen LogP contribution in [0.4, 0.5) is 31.5 Å². The molecule has 2 bridgehead atoms. The molecule has 7 rings (SSSR count). The number of alkyl halides is 6. The zero-order valence-corrected chi connectivity index (χ0v) is 26.3. The van der Waals surface area contributed by atoms with Gasteiger partial charge in [0.25, 0.3) is 0 Å². The lowest BCUT2D eigenvalue weighted by Crippen LogP contribution is -2.45. The van der Waals surface area contributed by atoms with E-state index in [1.54, 1.807) is 11.4 Å². The molecule has 1 saturated carbocycles. The average molecular weight is 694 g/mol. The summed E-state index contributed by atoms with van der Waals surface area (Å²) in [6, 6.07) is 9.45. The highest BCUT2D eigenvalue weighted by Crippen LogP contribution is 2.47. The third-order valence-corrected chi connectivity index (χ3v) is 9.88. The molecule has 2 aromatic carbocycles. The Labute approximate surface area is 274 Å². The van der Waals surface area contributed by atoms with Gasteiger partial charge in [-0.3, -0.25) is 0 Å². The maximum Gasteiger partial charge on any atom is 0.573 e. The Balaban J connectivity index is 1.07. The minimum absolute atomic E-state index is 0.0888. The lowest BCUT2D eigenvalue weighted by molar-refractivity contribution is -0.274. The molecule has 3 aliphatic rings. The number of ether oxygens (including phenoxy) is 3. The van der Waals surface area contributed by atoms with Crippen molar-refractivity contribution in [2.45, 2.75) is 81.8 Å². The number of anilines is 1. The summed E-state index contributed by atoms with van der Waals surface area (Å²) in [6.07, 6.45) is -4.86. The van der Waals surface area contributed by atoms with E-state index in [-0.39, 0.29) is 53.3 Å². The van der Waals surface area contributed by atoms with E-state index in [9.17, 15) is 31.1 Å². The third-order valence-electron chi connectivity index (χ3n) is 9.03. The highest BCUT2D eigenvalue weighted by Gasteiger charge is 2.43. The molecule has 4 aromatic rings. The SMILES string of the molecule is COC(=O)c1ccc(-c2csc(N3[C@@H]4CC[C@H]3C[C@H](OCc3c(-c5ccccc5OC(F)(F)F)noc3C3CC3)C4)n2)cc1C(F)(F)F. The van der Waals surface area contributed by atoms with E-state index < -0.39 is 29.6 Å². The smallest absolute Gasteiger partial charge is 0.465 e. The van der Waals surface area contributed by atoms with E-state index in [0.717, 1.165) is 44.9 Å². The van der Waals surface area contributed by atoms with Gasteiger partial charge in [-0.25, -0.2) is 9.78 Å². The van der Waals surface area contributed by atoms with Crippen molar-refractivity contribution in [1.82, 2.24) is 10.1 Å². The van der Waals surface area contributed by atoms with Crippen LogP contribution >= 0.6 is 11.3 Å². The van der Waals surface area contributed by atoms with Crippen LogP contribution in [0.1, 0.15) is 71.7 Å². The van der Waals surface area contributed by atoms with Crippen LogP contribution in [0, 0.1) is 0 Å². The van der Waals surface area contributed by atoms with Gasteiger partial charge in [0.15, 0.2) is 5.13 Å². The van der Waals surface area contributed by atoms with Gasteiger partial charge in [0.1, 0.15) is 17.2 Å². The van der Waals surface area contributed by atoms with Crippen LogP contribution in [0.15, 0.2) is 52.4 Å². The fourth-order valence-electron chi connectivity index (χ4n) is 6.73. The van der Waals surface area contributed by atoms with Crippen molar-refractivity contribution in [1.29, 1.82) is 0 Å². The van der Waals surface area contributed by atoms with Crippen molar-refractivity contribution in [2.24, 2.45) is 0 Å². The van der Waals surface area contributed by atoms with Gasteiger partial charge in [0.2, 0.25) is 0 Å². The minimum atomic E-state index is -4.87. The number of methoxy groups -OCH3 is 1. The van der Waals surface area contributed by atoms with Gasteiger partial charge < -0.3 is 23.6 Å². The topological polar surface area (TPSA) is 86.9 Å². The van der Waals surface area contributed by atoms with E-state index in [4.69, 9.17) is 14.2 Å². The number of esters is 1. The van der Waals surface area contributed by atoms with Crippen LogP contribution in [0.2, 0.25) is 0 Å². The standard InChI is InChI=1S/C33H29F6N3O5S/c1-44-30(43)22-11-8-18(12-25(22)32(34,35)36)26-16-48-31(40-26)42-19-9-10-20(42)14-21(13-19)45-15-24-28(41-47-29(24)17-6-7-17)23-4-2-3-5-27(23)46-33(37,38)39/h2-5,8,11-12,16-17,19-21H,6-7,9-10,13-15H2,1H3/t19-,20+,21-. The quantitative estimate of drug-likeness (QED) is 0.127. The Morgan fingerprint density at radius 1 is 1.02 bits per heavy atom. The summed E-state index contributed by atoms with van der Waals surface area (Å²) in [7, 11) is 1.03. The molecule has 0 amide bonds. The van der Waals surface area contributed by atoms with E-state index in [0.29, 0.717) is 35.0 Å². The first-order valence-electron chi connectivity index (χ1n) is 15.4. The summed E-state index contributed by atoms with van der Waals surface area (Å²) in [5, 5.41) is 6.56. The third kappa shape index (κ3) is 6.49. The first-order chi connectivity index (χ1) is 22.9. The molecule has 15 heteroatoms. The number of piperidine rings is 1. The second kappa shape index (κ2) is 12.4. The number of hydrogen-bond donors (Lipinski definition) is 0. The summed E-state index contributed by atoms with van der Waals surface area (Å²) in [5.74, 6) is -0.679. The molecule has 0 spiro atoms. The fourth-order valence-corrected chi connectivity index (χ4v) is 7.71. The van der Waals surface area contributed by atoms with Crippen molar-refractivity contribution in [3.05, 3.63) is 70.3 Å². The molecule has 4 heterocycles. The summed E-state index contributed by atoms with van der Waals surface area (Å²) in [4.78, 5) is 18.9. The van der Waals surface area contributed by atoms with Crippen molar-refractivity contribution >= 4 is 22.4 Å². The van der Waals surface area contributed by atoms with Crippen LogP contribution in [-0.2, 0) is 22.3 Å². The van der Waals surface area contributed by atoms with E-state index >= 15 is 0 Å². The normalized spacial score (nSPS) is 21.1. The molecule has 2 aromatic heterocycles. The monoisotopic (exact) mass is 693 g/mol.